The number of amides is 3. The van der Waals surface area contributed by atoms with E-state index in [9.17, 15) is 19.5 Å². The number of aryl methyl sites for hydroxylation is 2. The van der Waals surface area contributed by atoms with Crippen LogP contribution in [0.1, 0.15) is 29.2 Å². The van der Waals surface area contributed by atoms with Crippen LogP contribution in [0.3, 0.4) is 0 Å². The lowest BCUT2D eigenvalue weighted by Gasteiger charge is -2.26. The van der Waals surface area contributed by atoms with E-state index in [2.05, 4.69) is 10.6 Å². The first-order valence-corrected chi connectivity index (χ1v) is 10.7. The molecular weight excluding hydrogens is 408 g/mol. The molecule has 3 N–H and O–H groups in total. The average Bonchev–Trinajstić information content (AvgIpc) is 3.30. The quantitative estimate of drug-likeness (QED) is 0.547. The lowest BCUT2D eigenvalue weighted by molar-refractivity contribution is -0.136. The predicted molar refractivity (Wildman–Crippen MR) is 120 cm³/mol. The van der Waals surface area contributed by atoms with Crippen LogP contribution in [0.15, 0.2) is 42.6 Å². The van der Waals surface area contributed by atoms with Gasteiger partial charge >= 0.3 is 11.8 Å². The van der Waals surface area contributed by atoms with Crippen molar-refractivity contribution in [3.05, 3.63) is 59.3 Å². The highest BCUT2D eigenvalue weighted by Gasteiger charge is 2.32. The Hall–Kier alpha value is -3.65. The van der Waals surface area contributed by atoms with Crippen LogP contribution in [0.25, 0.3) is 10.9 Å². The van der Waals surface area contributed by atoms with E-state index >= 15 is 0 Å². The molecule has 164 valence electrons. The first-order chi connectivity index (χ1) is 15.4. The van der Waals surface area contributed by atoms with Crippen molar-refractivity contribution in [3.63, 3.8) is 0 Å². The van der Waals surface area contributed by atoms with Gasteiger partial charge in [0.2, 0.25) is 5.91 Å². The lowest BCUT2D eigenvalue weighted by Crippen LogP contribution is -2.37. The Kier molecular flexibility index (Phi) is 4.94. The summed E-state index contributed by atoms with van der Waals surface area (Å²) in [5, 5.41) is 16.6. The van der Waals surface area contributed by atoms with Crippen molar-refractivity contribution < 1.29 is 19.5 Å². The highest BCUT2D eigenvalue weighted by Crippen LogP contribution is 2.38. The van der Waals surface area contributed by atoms with Crippen LogP contribution in [-0.4, -0.2) is 40.5 Å². The van der Waals surface area contributed by atoms with Crippen LogP contribution in [0.4, 0.5) is 11.4 Å². The number of nitrogens with zero attached hydrogens (tertiary/aromatic N) is 2. The van der Waals surface area contributed by atoms with E-state index in [0.29, 0.717) is 17.7 Å². The van der Waals surface area contributed by atoms with E-state index in [4.69, 9.17) is 0 Å². The van der Waals surface area contributed by atoms with Crippen LogP contribution >= 0.6 is 0 Å². The fourth-order valence-electron chi connectivity index (χ4n) is 4.76. The molecule has 0 bridgehead atoms. The van der Waals surface area contributed by atoms with Crippen LogP contribution in [0.5, 0.6) is 0 Å². The summed E-state index contributed by atoms with van der Waals surface area (Å²) < 4.78 is 1.91. The van der Waals surface area contributed by atoms with Gasteiger partial charge in [0.25, 0.3) is 0 Å². The third-order valence-electron chi connectivity index (χ3n) is 6.22. The van der Waals surface area contributed by atoms with E-state index < -0.39 is 17.9 Å². The molecular formula is C24H24N4O4. The summed E-state index contributed by atoms with van der Waals surface area (Å²) in [7, 11) is 1.89. The third-order valence-corrected chi connectivity index (χ3v) is 6.22. The number of nitrogens with one attached hydrogen (secondary N) is 2. The van der Waals surface area contributed by atoms with Gasteiger partial charge in [0.05, 0.1) is 18.2 Å². The summed E-state index contributed by atoms with van der Waals surface area (Å²) >= 11 is 0. The number of carbonyl (C=O) groups is 3. The van der Waals surface area contributed by atoms with Gasteiger partial charge in [-0.1, -0.05) is 18.2 Å². The molecule has 1 aromatic heterocycles. The summed E-state index contributed by atoms with van der Waals surface area (Å²) in [5.74, 6) is -1.56. The van der Waals surface area contributed by atoms with Crippen molar-refractivity contribution in [3.8, 4) is 0 Å². The molecule has 1 atom stereocenters. The Morgan fingerprint density at radius 3 is 2.78 bits per heavy atom. The average molecular weight is 432 g/mol. The monoisotopic (exact) mass is 432 g/mol. The summed E-state index contributed by atoms with van der Waals surface area (Å²) in [6, 6.07) is 11.3. The molecule has 0 saturated heterocycles. The van der Waals surface area contributed by atoms with Crippen molar-refractivity contribution >= 4 is 40.0 Å². The van der Waals surface area contributed by atoms with Gasteiger partial charge in [0.15, 0.2) is 0 Å². The van der Waals surface area contributed by atoms with E-state index in [1.165, 1.54) is 0 Å². The molecule has 8 heteroatoms. The Labute approximate surface area is 184 Å². The number of rotatable bonds is 4. The number of para-hydroxylation sites is 1. The smallest absolute Gasteiger partial charge is 0.313 e. The number of hydrogen-bond donors (Lipinski definition) is 3. The third kappa shape index (κ3) is 3.42. The van der Waals surface area contributed by atoms with Crippen LogP contribution in [0.2, 0.25) is 0 Å². The standard InChI is InChI=1S/C24H24N4O4/c1-27-13-18(17-6-2-3-7-19(17)27)20(29)12-25-23(31)24(32)26-16-9-14-5-4-8-28-21(30)11-15(10-16)22(14)28/h2-3,6-7,9-10,13,20,29H,4-5,8,11-12H2,1H3,(H,25,31)(H,26,32). The number of anilines is 2. The van der Waals surface area contributed by atoms with E-state index in [1.54, 1.807) is 11.0 Å². The molecule has 3 amide bonds. The first-order valence-electron chi connectivity index (χ1n) is 10.7. The first kappa shape index (κ1) is 20.3. The highest BCUT2D eigenvalue weighted by molar-refractivity contribution is 6.39. The molecule has 2 aliphatic rings. The van der Waals surface area contributed by atoms with Gasteiger partial charge in [-0.3, -0.25) is 14.4 Å². The largest absolute Gasteiger partial charge is 0.386 e. The molecule has 8 nitrogen and oxygen atoms in total. The Bertz CT molecular complexity index is 1260. The van der Waals surface area contributed by atoms with Gasteiger partial charge < -0.3 is 25.2 Å². The molecule has 3 aromatic rings. The van der Waals surface area contributed by atoms with Gasteiger partial charge in [-0.15, -0.1) is 0 Å². The molecule has 0 saturated carbocycles. The van der Waals surface area contributed by atoms with Crippen molar-refractivity contribution in [1.82, 2.24) is 9.88 Å². The normalized spacial score (nSPS) is 15.6. The maximum atomic E-state index is 12.4. The molecule has 0 fully saturated rings. The zero-order chi connectivity index (χ0) is 22.4. The SMILES string of the molecule is Cn1cc(C(O)CNC(=O)C(=O)Nc2cc3c4c(c2)CC(=O)N4CCC3)c2ccccc21. The summed E-state index contributed by atoms with van der Waals surface area (Å²) in [6.45, 7) is 0.644. The minimum absolute atomic E-state index is 0.0737. The molecule has 2 aliphatic heterocycles. The molecule has 1 unspecified atom stereocenters. The fraction of sp³-hybridized carbons (Fsp3) is 0.292. The molecule has 0 radical (unpaired) electrons. The van der Waals surface area contributed by atoms with Crippen molar-refractivity contribution in [2.24, 2.45) is 7.05 Å². The van der Waals surface area contributed by atoms with Crippen molar-refractivity contribution in [2.75, 3.05) is 23.3 Å². The second-order valence-corrected chi connectivity index (χ2v) is 8.36. The van der Waals surface area contributed by atoms with Gasteiger partial charge in [0, 0.05) is 48.5 Å². The van der Waals surface area contributed by atoms with Crippen LogP contribution in [0, 0.1) is 0 Å². The van der Waals surface area contributed by atoms with Crippen LogP contribution in [-0.2, 0) is 34.3 Å². The number of hydrogen-bond acceptors (Lipinski definition) is 4. The zero-order valence-electron chi connectivity index (χ0n) is 17.7. The van der Waals surface area contributed by atoms with Crippen LogP contribution < -0.4 is 15.5 Å². The molecule has 32 heavy (non-hydrogen) atoms. The van der Waals surface area contributed by atoms with E-state index in [-0.39, 0.29) is 12.5 Å². The van der Waals surface area contributed by atoms with Gasteiger partial charge in [-0.2, -0.15) is 0 Å². The molecule has 2 aromatic carbocycles. The van der Waals surface area contributed by atoms with E-state index in [1.807, 2.05) is 48.1 Å². The van der Waals surface area contributed by atoms with Gasteiger partial charge in [-0.05, 0) is 42.2 Å². The fourth-order valence-corrected chi connectivity index (χ4v) is 4.76. The number of benzene rings is 2. The van der Waals surface area contributed by atoms with Gasteiger partial charge in [0.1, 0.15) is 0 Å². The summed E-state index contributed by atoms with van der Waals surface area (Å²) in [5.41, 5.74) is 5.03. The summed E-state index contributed by atoms with van der Waals surface area (Å²) in [4.78, 5) is 38.8. The second kappa shape index (κ2) is 7.80. The number of fused-ring (bicyclic) bond motifs is 1. The molecule has 0 spiro atoms. The number of aromatic nitrogens is 1. The molecule has 5 rings (SSSR count). The second-order valence-electron chi connectivity index (χ2n) is 8.36. The highest BCUT2D eigenvalue weighted by atomic mass is 16.3. The lowest BCUT2D eigenvalue weighted by atomic mass is 9.99. The Morgan fingerprint density at radius 1 is 1.16 bits per heavy atom. The van der Waals surface area contributed by atoms with Gasteiger partial charge in [-0.25, -0.2) is 0 Å². The van der Waals surface area contributed by atoms with E-state index in [0.717, 1.165) is 47.1 Å². The number of carbonyl (C=O) groups excluding carboxylic acids is 3. The maximum Gasteiger partial charge on any atom is 0.313 e. The molecule has 0 aliphatic carbocycles. The summed E-state index contributed by atoms with van der Waals surface area (Å²) in [6.07, 6.45) is 2.90. The zero-order valence-corrected chi connectivity index (χ0v) is 17.7. The van der Waals surface area contributed by atoms with Crippen molar-refractivity contribution in [1.29, 1.82) is 0 Å². The topological polar surface area (TPSA) is 104 Å². The predicted octanol–water partition coefficient (Wildman–Crippen LogP) is 1.80. The van der Waals surface area contributed by atoms with Crippen molar-refractivity contribution in [2.45, 2.75) is 25.4 Å². The minimum atomic E-state index is -0.945. The molecule has 3 heterocycles. The number of aliphatic hydroxyl groups excluding tert-OH is 1. The minimum Gasteiger partial charge on any atom is -0.386 e. The maximum absolute atomic E-state index is 12.4. The Balaban J connectivity index is 1.25. The Morgan fingerprint density at radius 2 is 1.94 bits per heavy atom. The number of aliphatic hydroxyl groups is 1.